The zero-order chi connectivity index (χ0) is 18.4. The molecule has 0 atom stereocenters. The van der Waals surface area contributed by atoms with Gasteiger partial charge in [0.05, 0.1) is 19.8 Å². The van der Waals surface area contributed by atoms with Crippen molar-refractivity contribution >= 4 is 17.7 Å². The summed E-state index contributed by atoms with van der Waals surface area (Å²) in [5.41, 5.74) is -0.139. The van der Waals surface area contributed by atoms with Crippen LogP contribution >= 0.6 is 0 Å². The summed E-state index contributed by atoms with van der Waals surface area (Å²) in [6, 6.07) is 9.49. The fraction of sp³-hybridized carbons (Fsp3) is 0.167. The highest BCUT2D eigenvalue weighted by molar-refractivity contribution is 6.02. The number of halogens is 3. The predicted molar refractivity (Wildman–Crippen MR) is 88.7 cm³/mol. The summed E-state index contributed by atoms with van der Waals surface area (Å²) < 4.78 is 48.3. The number of hydrogen-bond donors (Lipinski definition) is 1. The number of carbonyl (C=O) groups excluding carboxylic acids is 1. The molecule has 1 N–H and O–H groups in total. The summed E-state index contributed by atoms with van der Waals surface area (Å²) in [5, 5.41) is 2.39. The molecule has 0 radical (unpaired) electrons. The zero-order valence-electron chi connectivity index (χ0n) is 13.6. The summed E-state index contributed by atoms with van der Waals surface area (Å²) >= 11 is 0. The van der Waals surface area contributed by atoms with Crippen molar-refractivity contribution in [2.45, 2.75) is 6.18 Å². The number of methoxy groups -OCH3 is 2. The monoisotopic (exact) mass is 351 g/mol. The standard InChI is InChI=1S/C18H16F3NO3/c1-24-15-8-6-12(16(11-15)25-2)7-9-17(23)22-14-5-3-4-13(10-14)18(19,20)21/h3-11H,1-2H3,(H,22,23)/b9-7+. The predicted octanol–water partition coefficient (Wildman–Crippen LogP) is 4.37. The Morgan fingerprint density at radius 2 is 1.84 bits per heavy atom. The highest BCUT2D eigenvalue weighted by Crippen LogP contribution is 2.30. The lowest BCUT2D eigenvalue weighted by Gasteiger charge is -2.09. The smallest absolute Gasteiger partial charge is 0.416 e. The average molecular weight is 351 g/mol. The Balaban J connectivity index is 2.11. The van der Waals surface area contributed by atoms with Gasteiger partial charge in [0, 0.05) is 23.4 Å². The Hall–Kier alpha value is -2.96. The first kappa shape index (κ1) is 18.4. The molecule has 0 aliphatic heterocycles. The van der Waals surface area contributed by atoms with Crippen LogP contribution in [0, 0.1) is 0 Å². The third-order valence-electron chi connectivity index (χ3n) is 3.31. The maximum atomic E-state index is 12.7. The van der Waals surface area contributed by atoms with Crippen LogP contribution in [0.5, 0.6) is 11.5 Å². The number of alkyl halides is 3. The first-order valence-electron chi connectivity index (χ1n) is 7.22. The lowest BCUT2D eigenvalue weighted by atomic mass is 10.1. The van der Waals surface area contributed by atoms with Gasteiger partial charge in [-0.05, 0) is 36.4 Å². The lowest BCUT2D eigenvalue weighted by Crippen LogP contribution is -2.10. The fourth-order valence-corrected chi connectivity index (χ4v) is 2.08. The quantitative estimate of drug-likeness (QED) is 0.814. The van der Waals surface area contributed by atoms with E-state index in [2.05, 4.69) is 5.32 Å². The molecule has 0 unspecified atom stereocenters. The van der Waals surface area contributed by atoms with Crippen LogP contribution in [0.1, 0.15) is 11.1 Å². The Morgan fingerprint density at radius 3 is 2.48 bits per heavy atom. The van der Waals surface area contributed by atoms with Gasteiger partial charge < -0.3 is 14.8 Å². The molecule has 132 valence electrons. The van der Waals surface area contributed by atoms with E-state index in [0.29, 0.717) is 17.1 Å². The number of benzene rings is 2. The van der Waals surface area contributed by atoms with Crippen LogP contribution in [0.25, 0.3) is 6.08 Å². The van der Waals surface area contributed by atoms with Crippen LogP contribution in [0.3, 0.4) is 0 Å². The van der Waals surface area contributed by atoms with Gasteiger partial charge in [0.15, 0.2) is 0 Å². The third kappa shape index (κ3) is 5.00. The molecule has 0 bridgehead atoms. The molecule has 7 heteroatoms. The molecule has 0 saturated heterocycles. The van der Waals surface area contributed by atoms with Crippen molar-refractivity contribution < 1.29 is 27.4 Å². The van der Waals surface area contributed by atoms with Gasteiger partial charge in [-0.3, -0.25) is 4.79 Å². The number of ether oxygens (including phenoxy) is 2. The summed E-state index contributed by atoms with van der Waals surface area (Å²) in [6.45, 7) is 0. The maximum Gasteiger partial charge on any atom is 0.416 e. The zero-order valence-corrected chi connectivity index (χ0v) is 13.6. The van der Waals surface area contributed by atoms with Gasteiger partial charge in [0.2, 0.25) is 5.91 Å². The van der Waals surface area contributed by atoms with E-state index in [1.54, 1.807) is 18.2 Å². The number of rotatable bonds is 5. The summed E-state index contributed by atoms with van der Waals surface area (Å²) in [7, 11) is 3.00. The van der Waals surface area contributed by atoms with Crippen LogP contribution in [0.15, 0.2) is 48.5 Å². The molecule has 25 heavy (non-hydrogen) atoms. The van der Waals surface area contributed by atoms with E-state index in [-0.39, 0.29) is 5.69 Å². The molecule has 0 fully saturated rings. The van der Waals surface area contributed by atoms with Gasteiger partial charge in [-0.25, -0.2) is 0 Å². The molecule has 0 aliphatic rings. The van der Waals surface area contributed by atoms with Crippen molar-refractivity contribution in [2.75, 3.05) is 19.5 Å². The minimum atomic E-state index is -4.47. The second-order valence-corrected chi connectivity index (χ2v) is 5.01. The Kier molecular flexibility index (Phi) is 5.69. The normalized spacial score (nSPS) is 11.4. The van der Waals surface area contributed by atoms with Crippen molar-refractivity contribution in [2.24, 2.45) is 0 Å². The molecule has 0 aromatic heterocycles. The number of amides is 1. The van der Waals surface area contributed by atoms with Crippen molar-refractivity contribution in [3.8, 4) is 11.5 Å². The molecule has 2 aromatic carbocycles. The lowest BCUT2D eigenvalue weighted by molar-refractivity contribution is -0.137. The fourth-order valence-electron chi connectivity index (χ4n) is 2.08. The van der Waals surface area contributed by atoms with E-state index in [1.165, 1.54) is 38.5 Å². The summed E-state index contributed by atoms with van der Waals surface area (Å²) in [6.07, 6.45) is -1.75. The third-order valence-corrected chi connectivity index (χ3v) is 3.31. The summed E-state index contributed by atoms with van der Waals surface area (Å²) in [5.74, 6) is 0.544. The summed E-state index contributed by atoms with van der Waals surface area (Å²) in [4.78, 5) is 11.9. The van der Waals surface area contributed by atoms with Crippen molar-refractivity contribution in [3.05, 3.63) is 59.7 Å². The maximum absolute atomic E-state index is 12.7. The van der Waals surface area contributed by atoms with Gasteiger partial charge in [-0.1, -0.05) is 6.07 Å². The molecular formula is C18H16F3NO3. The first-order chi connectivity index (χ1) is 11.8. The first-order valence-corrected chi connectivity index (χ1v) is 7.22. The largest absolute Gasteiger partial charge is 0.497 e. The minimum absolute atomic E-state index is 0.0613. The molecule has 0 saturated carbocycles. The van der Waals surface area contributed by atoms with Crippen LogP contribution in [0.2, 0.25) is 0 Å². The van der Waals surface area contributed by atoms with E-state index in [4.69, 9.17) is 9.47 Å². The SMILES string of the molecule is COc1ccc(/C=C/C(=O)Nc2cccc(C(F)(F)F)c2)c(OC)c1. The van der Waals surface area contributed by atoms with E-state index in [1.807, 2.05) is 0 Å². The van der Waals surface area contributed by atoms with Gasteiger partial charge in [0.25, 0.3) is 0 Å². The topological polar surface area (TPSA) is 47.6 Å². The Labute approximate surface area is 142 Å². The second-order valence-electron chi connectivity index (χ2n) is 5.01. The number of carbonyl (C=O) groups is 1. The van der Waals surface area contributed by atoms with E-state index in [0.717, 1.165) is 12.1 Å². The molecular weight excluding hydrogens is 335 g/mol. The van der Waals surface area contributed by atoms with Gasteiger partial charge in [-0.15, -0.1) is 0 Å². The number of anilines is 1. The second kappa shape index (κ2) is 7.74. The molecule has 0 spiro atoms. The number of hydrogen-bond acceptors (Lipinski definition) is 3. The molecule has 4 nitrogen and oxygen atoms in total. The van der Waals surface area contributed by atoms with Crippen molar-refractivity contribution in [3.63, 3.8) is 0 Å². The minimum Gasteiger partial charge on any atom is -0.497 e. The van der Waals surface area contributed by atoms with E-state index >= 15 is 0 Å². The van der Waals surface area contributed by atoms with Crippen molar-refractivity contribution in [1.82, 2.24) is 0 Å². The van der Waals surface area contributed by atoms with E-state index in [9.17, 15) is 18.0 Å². The molecule has 0 heterocycles. The molecule has 1 amide bonds. The Bertz CT molecular complexity index is 785. The molecule has 2 rings (SSSR count). The van der Waals surface area contributed by atoms with Crippen LogP contribution in [-0.4, -0.2) is 20.1 Å². The number of nitrogens with one attached hydrogen (secondary N) is 1. The van der Waals surface area contributed by atoms with Crippen molar-refractivity contribution in [1.29, 1.82) is 0 Å². The van der Waals surface area contributed by atoms with Gasteiger partial charge in [-0.2, -0.15) is 13.2 Å². The highest BCUT2D eigenvalue weighted by Gasteiger charge is 2.30. The van der Waals surface area contributed by atoms with Crippen LogP contribution < -0.4 is 14.8 Å². The Morgan fingerprint density at radius 1 is 1.08 bits per heavy atom. The van der Waals surface area contributed by atoms with Gasteiger partial charge in [0.1, 0.15) is 11.5 Å². The average Bonchev–Trinajstić information content (AvgIpc) is 2.59. The molecule has 2 aromatic rings. The van der Waals surface area contributed by atoms with Crippen LogP contribution in [-0.2, 0) is 11.0 Å². The van der Waals surface area contributed by atoms with Gasteiger partial charge >= 0.3 is 6.18 Å². The molecule has 0 aliphatic carbocycles. The van der Waals surface area contributed by atoms with Crippen LogP contribution in [0.4, 0.5) is 18.9 Å². The highest BCUT2D eigenvalue weighted by atomic mass is 19.4. The van der Waals surface area contributed by atoms with E-state index < -0.39 is 17.6 Å².